The Kier molecular flexibility index (Phi) is 4.23. The standard InChI is InChI=1S/C14H12Cl2FN/c15-11-4-2-1-3-9(11)8-14(18)10-5-6-13(17)12(16)7-10/h1-7,14H,8,18H2. The van der Waals surface area contributed by atoms with Crippen LogP contribution in [0.4, 0.5) is 4.39 Å². The van der Waals surface area contributed by atoms with Gasteiger partial charge in [0.15, 0.2) is 0 Å². The smallest absolute Gasteiger partial charge is 0.141 e. The van der Waals surface area contributed by atoms with E-state index in [0.29, 0.717) is 11.4 Å². The second-order valence-corrected chi connectivity index (χ2v) is 4.89. The van der Waals surface area contributed by atoms with Gasteiger partial charge in [0.1, 0.15) is 5.82 Å². The van der Waals surface area contributed by atoms with E-state index in [1.807, 2.05) is 24.3 Å². The van der Waals surface area contributed by atoms with E-state index in [0.717, 1.165) is 11.1 Å². The fraction of sp³-hybridized carbons (Fsp3) is 0.143. The summed E-state index contributed by atoms with van der Waals surface area (Å²) in [6, 6.07) is 11.8. The summed E-state index contributed by atoms with van der Waals surface area (Å²) in [5, 5.41) is 0.767. The van der Waals surface area contributed by atoms with Crippen LogP contribution in [0.15, 0.2) is 42.5 Å². The van der Waals surface area contributed by atoms with Crippen LogP contribution in [0.25, 0.3) is 0 Å². The maximum atomic E-state index is 13.1. The third-order valence-electron chi connectivity index (χ3n) is 2.77. The Morgan fingerprint density at radius 1 is 1.06 bits per heavy atom. The first-order valence-corrected chi connectivity index (χ1v) is 6.27. The van der Waals surface area contributed by atoms with Crippen molar-refractivity contribution < 1.29 is 4.39 Å². The fourth-order valence-electron chi connectivity index (χ4n) is 1.76. The molecule has 0 aromatic heterocycles. The average Bonchev–Trinajstić information content (AvgIpc) is 2.35. The van der Waals surface area contributed by atoms with Crippen molar-refractivity contribution in [1.82, 2.24) is 0 Å². The van der Waals surface area contributed by atoms with Gasteiger partial charge in [-0.15, -0.1) is 0 Å². The number of benzene rings is 2. The Hall–Kier alpha value is -1.09. The Morgan fingerprint density at radius 2 is 1.78 bits per heavy atom. The van der Waals surface area contributed by atoms with Crippen molar-refractivity contribution in [1.29, 1.82) is 0 Å². The zero-order valence-corrected chi connectivity index (χ0v) is 11.0. The number of rotatable bonds is 3. The van der Waals surface area contributed by atoms with E-state index in [4.69, 9.17) is 28.9 Å². The van der Waals surface area contributed by atoms with Gasteiger partial charge in [0.25, 0.3) is 0 Å². The second-order valence-electron chi connectivity index (χ2n) is 4.08. The van der Waals surface area contributed by atoms with Gasteiger partial charge in [0.2, 0.25) is 0 Å². The summed E-state index contributed by atoms with van der Waals surface area (Å²) in [5.74, 6) is -0.439. The van der Waals surface area contributed by atoms with E-state index in [2.05, 4.69) is 0 Å². The molecule has 0 radical (unpaired) electrons. The third kappa shape index (κ3) is 3.02. The average molecular weight is 284 g/mol. The van der Waals surface area contributed by atoms with E-state index in [-0.39, 0.29) is 11.1 Å². The Labute approximate surface area is 115 Å². The zero-order valence-electron chi connectivity index (χ0n) is 9.54. The largest absolute Gasteiger partial charge is 0.324 e. The molecule has 1 nitrogen and oxygen atoms in total. The van der Waals surface area contributed by atoms with Gasteiger partial charge in [-0.1, -0.05) is 47.5 Å². The highest BCUT2D eigenvalue weighted by atomic mass is 35.5. The summed E-state index contributed by atoms with van der Waals surface area (Å²) >= 11 is 11.8. The van der Waals surface area contributed by atoms with Crippen LogP contribution in [0.1, 0.15) is 17.2 Å². The van der Waals surface area contributed by atoms with Gasteiger partial charge in [-0.3, -0.25) is 0 Å². The molecule has 2 aromatic carbocycles. The first-order valence-electron chi connectivity index (χ1n) is 5.52. The van der Waals surface area contributed by atoms with Crippen molar-refractivity contribution >= 4 is 23.2 Å². The van der Waals surface area contributed by atoms with Crippen LogP contribution in [-0.2, 0) is 6.42 Å². The molecular weight excluding hydrogens is 272 g/mol. The lowest BCUT2D eigenvalue weighted by Crippen LogP contribution is -2.13. The van der Waals surface area contributed by atoms with Crippen LogP contribution in [0.2, 0.25) is 10.0 Å². The van der Waals surface area contributed by atoms with Crippen molar-refractivity contribution in [3.8, 4) is 0 Å². The maximum Gasteiger partial charge on any atom is 0.141 e. The van der Waals surface area contributed by atoms with Gasteiger partial charge in [0, 0.05) is 11.1 Å². The Bertz CT molecular complexity index is 557. The summed E-state index contributed by atoms with van der Waals surface area (Å²) in [5.41, 5.74) is 7.83. The van der Waals surface area contributed by atoms with Crippen molar-refractivity contribution in [3.05, 3.63) is 69.5 Å². The molecule has 0 saturated heterocycles. The summed E-state index contributed by atoms with van der Waals surface area (Å²) in [6.45, 7) is 0. The van der Waals surface area contributed by atoms with Crippen LogP contribution in [0, 0.1) is 5.82 Å². The summed E-state index contributed by atoms with van der Waals surface area (Å²) in [6.07, 6.45) is 0.585. The fourth-order valence-corrected chi connectivity index (χ4v) is 2.16. The molecule has 1 unspecified atom stereocenters. The molecule has 94 valence electrons. The summed E-state index contributed by atoms with van der Waals surface area (Å²) in [4.78, 5) is 0. The minimum atomic E-state index is -0.439. The van der Waals surface area contributed by atoms with Crippen molar-refractivity contribution in [2.75, 3.05) is 0 Å². The van der Waals surface area contributed by atoms with Crippen LogP contribution >= 0.6 is 23.2 Å². The van der Waals surface area contributed by atoms with Crippen molar-refractivity contribution in [2.45, 2.75) is 12.5 Å². The van der Waals surface area contributed by atoms with Gasteiger partial charge in [-0.05, 0) is 35.7 Å². The Morgan fingerprint density at radius 3 is 2.44 bits per heavy atom. The maximum absolute atomic E-state index is 13.1. The third-order valence-corrected chi connectivity index (χ3v) is 3.43. The number of hydrogen-bond acceptors (Lipinski definition) is 1. The number of halogens is 3. The highest BCUT2D eigenvalue weighted by molar-refractivity contribution is 6.31. The van der Waals surface area contributed by atoms with Crippen LogP contribution in [-0.4, -0.2) is 0 Å². The predicted octanol–water partition coefficient (Wildman–Crippen LogP) is 4.38. The van der Waals surface area contributed by atoms with E-state index >= 15 is 0 Å². The van der Waals surface area contributed by atoms with Gasteiger partial charge in [-0.2, -0.15) is 0 Å². The van der Waals surface area contributed by atoms with Crippen molar-refractivity contribution in [2.24, 2.45) is 5.73 Å². The van der Waals surface area contributed by atoms with E-state index < -0.39 is 5.82 Å². The molecule has 2 rings (SSSR count). The minimum Gasteiger partial charge on any atom is -0.324 e. The lowest BCUT2D eigenvalue weighted by atomic mass is 10.00. The molecule has 0 fully saturated rings. The molecule has 18 heavy (non-hydrogen) atoms. The van der Waals surface area contributed by atoms with E-state index in [1.165, 1.54) is 6.07 Å². The molecule has 0 aliphatic rings. The predicted molar refractivity (Wildman–Crippen MR) is 73.5 cm³/mol. The highest BCUT2D eigenvalue weighted by Gasteiger charge is 2.11. The van der Waals surface area contributed by atoms with Gasteiger partial charge < -0.3 is 5.73 Å². The topological polar surface area (TPSA) is 26.0 Å². The molecule has 0 bridgehead atoms. The lowest BCUT2D eigenvalue weighted by Gasteiger charge is -2.13. The van der Waals surface area contributed by atoms with Crippen molar-refractivity contribution in [3.63, 3.8) is 0 Å². The molecule has 2 aromatic rings. The molecule has 0 aliphatic carbocycles. The van der Waals surface area contributed by atoms with Gasteiger partial charge in [-0.25, -0.2) is 4.39 Å². The molecule has 1 atom stereocenters. The summed E-state index contributed by atoms with van der Waals surface area (Å²) < 4.78 is 13.1. The van der Waals surface area contributed by atoms with Crippen LogP contribution < -0.4 is 5.73 Å². The monoisotopic (exact) mass is 283 g/mol. The normalized spacial score (nSPS) is 12.4. The quantitative estimate of drug-likeness (QED) is 0.889. The van der Waals surface area contributed by atoms with Gasteiger partial charge in [0.05, 0.1) is 5.02 Å². The molecule has 4 heteroatoms. The van der Waals surface area contributed by atoms with Gasteiger partial charge >= 0.3 is 0 Å². The molecule has 0 saturated carbocycles. The lowest BCUT2D eigenvalue weighted by molar-refractivity contribution is 0.625. The highest BCUT2D eigenvalue weighted by Crippen LogP contribution is 2.24. The molecule has 2 N–H and O–H groups in total. The second kappa shape index (κ2) is 5.70. The number of hydrogen-bond donors (Lipinski definition) is 1. The summed E-state index contributed by atoms with van der Waals surface area (Å²) in [7, 11) is 0. The first-order chi connectivity index (χ1) is 8.58. The molecular formula is C14H12Cl2FN. The van der Waals surface area contributed by atoms with Crippen LogP contribution in [0.5, 0.6) is 0 Å². The molecule has 0 spiro atoms. The van der Waals surface area contributed by atoms with E-state index in [1.54, 1.807) is 12.1 Å². The van der Waals surface area contributed by atoms with Crippen LogP contribution in [0.3, 0.4) is 0 Å². The SMILES string of the molecule is NC(Cc1ccccc1Cl)c1ccc(F)c(Cl)c1. The molecule has 0 aliphatic heterocycles. The molecule has 0 heterocycles. The first kappa shape index (κ1) is 13.3. The molecule has 0 amide bonds. The zero-order chi connectivity index (χ0) is 13.1. The van der Waals surface area contributed by atoms with E-state index in [9.17, 15) is 4.39 Å². The minimum absolute atomic E-state index is 0.0853. The number of nitrogens with two attached hydrogens (primary N) is 1. The Balaban J connectivity index is 2.19.